The van der Waals surface area contributed by atoms with Crippen molar-refractivity contribution < 1.29 is 5.11 Å². The number of rotatable bonds is 4. The number of hydrogen-bond donors (Lipinski definition) is 1. The number of pyridine rings is 1. The summed E-state index contributed by atoms with van der Waals surface area (Å²) >= 11 is 1.79. The molecule has 0 radical (unpaired) electrons. The Labute approximate surface area is 122 Å². The van der Waals surface area contributed by atoms with Gasteiger partial charge in [0.25, 0.3) is 0 Å². The van der Waals surface area contributed by atoms with E-state index < -0.39 is 6.10 Å². The molecule has 0 aliphatic carbocycles. The van der Waals surface area contributed by atoms with Gasteiger partial charge in [-0.3, -0.25) is 4.98 Å². The molecule has 0 bridgehead atoms. The lowest BCUT2D eigenvalue weighted by atomic mass is 10.0. The molecule has 3 heteroatoms. The molecule has 1 N–H and O–H groups in total. The molecule has 0 aliphatic rings. The molecule has 1 unspecified atom stereocenters. The van der Waals surface area contributed by atoms with Gasteiger partial charge in [-0.05, 0) is 36.2 Å². The van der Waals surface area contributed by atoms with E-state index in [1.165, 1.54) is 9.75 Å². The lowest BCUT2D eigenvalue weighted by Crippen LogP contribution is -2.01. The lowest BCUT2D eigenvalue weighted by molar-refractivity contribution is 0.181. The zero-order chi connectivity index (χ0) is 13.9. The van der Waals surface area contributed by atoms with Crippen LogP contribution in [0, 0.1) is 0 Å². The van der Waals surface area contributed by atoms with E-state index in [2.05, 4.69) is 24.0 Å². The van der Waals surface area contributed by atoms with Gasteiger partial charge in [-0.1, -0.05) is 25.1 Å². The van der Waals surface area contributed by atoms with Gasteiger partial charge in [-0.2, -0.15) is 0 Å². The molecule has 0 spiro atoms. The van der Waals surface area contributed by atoms with Crippen molar-refractivity contribution >= 4 is 22.2 Å². The van der Waals surface area contributed by atoms with Gasteiger partial charge in [0, 0.05) is 27.8 Å². The van der Waals surface area contributed by atoms with E-state index in [4.69, 9.17) is 0 Å². The van der Waals surface area contributed by atoms with E-state index >= 15 is 0 Å². The molecule has 3 aromatic rings. The van der Waals surface area contributed by atoms with E-state index in [0.717, 1.165) is 22.9 Å². The first-order valence-electron chi connectivity index (χ1n) is 6.87. The second-order valence-corrected chi connectivity index (χ2v) is 6.11. The number of aryl methyl sites for hydroxylation is 1. The minimum absolute atomic E-state index is 0.480. The highest BCUT2D eigenvalue weighted by Crippen LogP contribution is 2.28. The monoisotopic (exact) mass is 283 g/mol. The predicted octanol–water partition coefficient (Wildman–Crippen LogP) is 4.13. The molecule has 20 heavy (non-hydrogen) atoms. The summed E-state index contributed by atoms with van der Waals surface area (Å²) in [6.07, 6.45) is 3.01. The lowest BCUT2D eigenvalue weighted by Gasteiger charge is -2.12. The van der Waals surface area contributed by atoms with Crippen LogP contribution < -0.4 is 0 Å². The van der Waals surface area contributed by atoms with Crippen LogP contribution in [0.3, 0.4) is 0 Å². The normalized spacial score (nSPS) is 12.7. The molecule has 2 nitrogen and oxygen atoms in total. The standard InChI is InChI=1S/C17H17NOS/c1-2-12-7-8-13(20-12)11-17(19)15-9-10-18-16-6-4-3-5-14(15)16/h3-10,17,19H,2,11H2,1H3. The van der Waals surface area contributed by atoms with Gasteiger partial charge in [0.05, 0.1) is 11.6 Å². The average Bonchev–Trinajstić information content (AvgIpc) is 2.94. The molecule has 0 saturated carbocycles. The Kier molecular flexibility index (Phi) is 3.81. The van der Waals surface area contributed by atoms with Crippen LogP contribution in [0.1, 0.15) is 28.3 Å². The Morgan fingerprint density at radius 1 is 1.10 bits per heavy atom. The van der Waals surface area contributed by atoms with Gasteiger partial charge in [-0.15, -0.1) is 11.3 Å². The number of benzene rings is 1. The van der Waals surface area contributed by atoms with Crippen molar-refractivity contribution in [2.24, 2.45) is 0 Å². The van der Waals surface area contributed by atoms with Crippen LogP contribution in [0.15, 0.2) is 48.7 Å². The molecule has 102 valence electrons. The Balaban J connectivity index is 1.90. The highest BCUT2D eigenvalue weighted by atomic mass is 32.1. The Bertz CT molecular complexity index is 714. The third-order valence-corrected chi connectivity index (χ3v) is 4.75. The first kappa shape index (κ1) is 13.3. The van der Waals surface area contributed by atoms with Crippen molar-refractivity contribution in [3.05, 3.63) is 64.0 Å². The second-order valence-electron chi connectivity index (χ2n) is 4.86. The summed E-state index contributed by atoms with van der Waals surface area (Å²) < 4.78 is 0. The minimum atomic E-state index is -0.480. The maximum absolute atomic E-state index is 10.5. The number of aliphatic hydroxyl groups is 1. The molecule has 0 saturated heterocycles. The highest BCUT2D eigenvalue weighted by Gasteiger charge is 2.13. The van der Waals surface area contributed by atoms with Crippen LogP contribution in [-0.4, -0.2) is 10.1 Å². The SMILES string of the molecule is CCc1ccc(CC(O)c2ccnc3ccccc23)s1. The summed E-state index contributed by atoms with van der Waals surface area (Å²) in [6, 6.07) is 14.1. The fourth-order valence-electron chi connectivity index (χ4n) is 2.43. The molecule has 1 atom stereocenters. The third kappa shape index (κ3) is 2.60. The first-order chi connectivity index (χ1) is 9.78. The Hall–Kier alpha value is -1.71. The molecule has 0 amide bonds. The van der Waals surface area contributed by atoms with Gasteiger partial charge in [0.15, 0.2) is 0 Å². The Morgan fingerprint density at radius 2 is 1.90 bits per heavy atom. The largest absolute Gasteiger partial charge is 0.388 e. The maximum atomic E-state index is 10.5. The predicted molar refractivity (Wildman–Crippen MR) is 84.1 cm³/mol. The number of fused-ring (bicyclic) bond motifs is 1. The number of hydrogen-bond acceptors (Lipinski definition) is 3. The van der Waals surface area contributed by atoms with Crippen molar-refractivity contribution in [3.8, 4) is 0 Å². The summed E-state index contributed by atoms with van der Waals surface area (Å²) in [7, 11) is 0. The van der Waals surface area contributed by atoms with Crippen LogP contribution in [-0.2, 0) is 12.8 Å². The van der Waals surface area contributed by atoms with Crippen LogP contribution >= 0.6 is 11.3 Å². The molecule has 3 rings (SSSR count). The number of aliphatic hydroxyl groups excluding tert-OH is 1. The van der Waals surface area contributed by atoms with Crippen LogP contribution in [0.2, 0.25) is 0 Å². The van der Waals surface area contributed by atoms with Gasteiger partial charge < -0.3 is 5.11 Å². The van der Waals surface area contributed by atoms with Crippen LogP contribution in [0.5, 0.6) is 0 Å². The van der Waals surface area contributed by atoms with Gasteiger partial charge in [0.2, 0.25) is 0 Å². The molecular formula is C17H17NOS. The van der Waals surface area contributed by atoms with Crippen LogP contribution in [0.25, 0.3) is 10.9 Å². The quantitative estimate of drug-likeness (QED) is 0.781. The average molecular weight is 283 g/mol. The van der Waals surface area contributed by atoms with E-state index in [9.17, 15) is 5.11 Å². The highest BCUT2D eigenvalue weighted by molar-refractivity contribution is 7.11. The molecule has 0 fully saturated rings. The van der Waals surface area contributed by atoms with Crippen molar-refractivity contribution in [2.45, 2.75) is 25.9 Å². The molecule has 1 aromatic carbocycles. The van der Waals surface area contributed by atoms with Gasteiger partial charge >= 0.3 is 0 Å². The Morgan fingerprint density at radius 3 is 2.70 bits per heavy atom. The van der Waals surface area contributed by atoms with Crippen LogP contribution in [0.4, 0.5) is 0 Å². The van der Waals surface area contributed by atoms with E-state index in [0.29, 0.717) is 6.42 Å². The van der Waals surface area contributed by atoms with Crippen molar-refractivity contribution in [1.82, 2.24) is 4.98 Å². The topological polar surface area (TPSA) is 33.1 Å². The van der Waals surface area contributed by atoms with E-state index in [-0.39, 0.29) is 0 Å². The smallest absolute Gasteiger partial charge is 0.0845 e. The maximum Gasteiger partial charge on any atom is 0.0845 e. The second kappa shape index (κ2) is 5.73. The summed E-state index contributed by atoms with van der Waals surface area (Å²) in [5, 5.41) is 11.6. The summed E-state index contributed by atoms with van der Waals surface area (Å²) in [4.78, 5) is 6.94. The summed E-state index contributed by atoms with van der Waals surface area (Å²) in [6.45, 7) is 2.16. The number of para-hydroxylation sites is 1. The molecule has 2 heterocycles. The van der Waals surface area contributed by atoms with Crippen molar-refractivity contribution in [1.29, 1.82) is 0 Å². The molecule has 0 aliphatic heterocycles. The zero-order valence-electron chi connectivity index (χ0n) is 11.4. The molecular weight excluding hydrogens is 266 g/mol. The summed E-state index contributed by atoms with van der Waals surface area (Å²) in [5.41, 5.74) is 1.89. The number of nitrogens with zero attached hydrogens (tertiary/aromatic N) is 1. The fraction of sp³-hybridized carbons (Fsp3) is 0.235. The van der Waals surface area contributed by atoms with E-state index in [1.54, 1.807) is 17.5 Å². The minimum Gasteiger partial charge on any atom is -0.388 e. The van der Waals surface area contributed by atoms with E-state index in [1.807, 2.05) is 30.3 Å². The fourth-order valence-corrected chi connectivity index (χ4v) is 3.43. The molecule has 2 aromatic heterocycles. The van der Waals surface area contributed by atoms with Gasteiger partial charge in [0.1, 0.15) is 0 Å². The number of aromatic nitrogens is 1. The van der Waals surface area contributed by atoms with Crippen molar-refractivity contribution in [3.63, 3.8) is 0 Å². The number of thiophene rings is 1. The summed E-state index contributed by atoms with van der Waals surface area (Å²) in [5.74, 6) is 0. The van der Waals surface area contributed by atoms with Crippen molar-refractivity contribution in [2.75, 3.05) is 0 Å². The zero-order valence-corrected chi connectivity index (χ0v) is 12.2. The third-order valence-electron chi connectivity index (χ3n) is 3.50. The first-order valence-corrected chi connectivity index (χ1v) is 7.69. The van der Waals surface area contributed by atoms with Gasteiger partial charge in [-0.25, -0.2) is 0 Å².